The molecule has 0 radical (unpaired) electrons. The molecule has 1 unspecified atom stereocenters. The molecule has 19 heavy (non-hydrogen) atoms. The van der Waals surface area contributed by atoms with Crippen molar-refractivity contribution in [2.75, 3.05) is 13.2 Å². The molecule has 1 aliphatic heterocycles. The summed E-state index contributed by atoms with van der Waals surface area (Å²) in [5, 5.41) is 38.3. The molecule has 1 heterocycles. The van der Waals surface area contributed by atoms with E-state index in [1.165, 1.54) is 6.08 Å². The monoisotopic (exact) mass is 266 g/mol. The van der Waals surface area contributed by atoms with Gasteiger partial charge < -0.3 is 25.2 Å². The molecule has 0 aromatic heterocycles. The van der Waals surface area contributed by atoms with Crippen molar-refractivity contribution >= 4 is 6.08 Å². The lowest BCUT2D eigenvalue weighted by atomic mass is 9.94. The molecule has 0 bridgehead atoms. The Morgan fingerprint density at radius 1 is 1.16 bits per heavy atom. The third-order valence-corrected chi connectivity index (χ3v) is 3.36. The van der Waals surface area contributed by atoms with E-state index in [4.69, 9.17) is 9.84 Å². The summed E-state index contributed by atoms with van der Waals surface area (Å²) in [6, 6.07) is 9.34. The molecule has 5 nitrogen and oxygen atoms in total. The summed E-state index contributed by atoms with van der Waals surface area (Å²) in [5.74, 6) is 0. The van der Waals surface area contributed by atoms with Gasteiger partial charge in [0.1, 0.15) is 23.9 Å². The van der Waals surface area contributed by atoms with Crippen LogP contribution >= 0.6 is 0 Å². The van der Waals surface area contributed by atoms with E-state index in [1.54, 1.807) is 6.08 Å². The first kappa shape index (κ1) is 14.2. The summed E-state index contributed by atoms with van der Waals surface area (Å²) in [6.07, 6.45) is -0.188. The Balaban J connectivity index is 2.22. The second kappa shape index (κ2) is 5.81. The van der Waals surface area contributed by atoms with Crippen LogP contribution in [0, 0.1) is 0 Å². The molecule has 1 aromatic rings. The zero-order valence-corrected chi connectivity index (χ0v) is 10.4. The van der Waals surface area contributed by atoms with E-state index in [0.717, 1.165) is 5.56 Å². The highest BCUT2D eigenvalue weighted by molar-refractivity contribution is 5.50. The minimum absolute atomic E-state index is 0.418. The van der Waals surface area contributed by atoms with Crippen LogP contribution in [-0.2, 0) is 4.74 Å². The molecule has 0 aliphatic carbocycles. The van der Waals surface area contributed by atoms with Gasteiger partial charge in [-0.15, -0.1) is 0 Å². The maximum atomic E-state index is 9.99. The normalized spacial score (nSPS) is 35.1. The lowest BCUT2D eigenvalue weighted by Crippen LogP contribution is -2.44. The number of hydrogen-bond acceptors (Lipinski definition) is 5. The summed E-state index contributed by atoms with van der Waals surface area (Å²) in [6.45, 7) is -0.899. The van der Waals surface area contributed by atoms with Gasteiger partial charge in [-0.3, -0.25) is 0 Å². The SMILES string of the molecule is OC[C@H]1OC(C=Cc2ccccc2)(CO)[C@H](O)[C@@H]1O. The minimum atomic E-state index is -1.39. The van der Waals surface area contributed by atoms with Crippen molar-refractivity contribution in [3.63, 3.8) is 0 Å². The van der Waals surface area contributed by atoms with Crippen LogP contribution in [0.15, 0.2) is 36.4 Å². The summed E-state index contributed by atoms with van der Waals surface area (Å²) in [4.78, 5) is 0. The third kappa shape index (κ3) is 2.70. The van der Waals surface area contributed by atoms with Gasteiger partial charge in [0.15, 0.2) is 0 Å². The Hall–Kier alpha value is -1.24. The molecule has 4 N–H and O–H groups in total. The lowest BCUT2D eigenvalue weighted by molar-refractivity contribution is -0.0869. The largest absolute Gasteiger partial charge is 0.394 e. The minimum Gasteiger partial charge on any atom is -0.394 e. The fraction of sp³-hybridized carbons (Fsp3) is 0.429. The molecule has 0 spiro atoms. The quantitative estimate of drug-likeness (QED) is 0.592. The molecule has 1 aliphatic rings. The van der Waals surface area contributed by atoms with Crippen LogP contribution in [0.2, 0.25) is 0 Å². The van der Waals surface area contributed by atoms with Gasteiger partial charge in [0.2, 0.25) is 0 Å². The number of ether oxygens (including phenoxy) is 1. The van der Waals surface area contributed by atoms with Gasteiger partial charge in [-0.2, -0.15) is 0 Å². The highest BCUT2D eigenvalue weighted by Gasteiger charge is 2.52. The molecular formula is C14H18O5. The zero-order valence-electron chi connectivity index (χ0n) is 10.4. The number of benzene rings is 1. The van der Waals surface area contributed by atoms with Gasteiger partial charge in [0.05, 0.1) is 13.2 Å². The van der Waals surface area contributed by atoms with Crippen LogP contribution in [0.5, 0.6) is 0 Å². The molecule has 104 valence electrons. The average molecular weight is 266 g/mol. The van der Waals surface area contributed by atoms with Crippen LogP contribution in [0.3, 0.4) is 0 Å². The topological polar surface area (TPSA) is 90.2 Å². The van der Waals surface area contributed by atoms with Crippen LogP contribution in [0.1, 0.15) is 5.56 Å². The number of hydrogen-bond donors (Lipinski definition) is 4. The molecule has 1 aromatic carbocycles. The molecule has 0 amide bonds. The van der Waals surface area contributed by atoms with Crippen molar-refractivity contribution in [2.24, 2.45) is 0 Å². The summed E-state index contributed by atoms with van der Waals surface area (Å²) in [5.41, 5.74) is -0.504. The van der Waals surface area contributed by atoms with Crippen molar-refractivity contribution in [1.82, 2.24) is 0 Å². The number of aliphatic hydroxyl groups excluding tert-OH is 4. The van der Waals surface area contributed by atoms with Gasteiger partial charge in [-0.05, 0) is 11.6 Å². The molecular weight excluding hydrogens is 248 g/mol. The van der Waals surface area contributed by atoms with Crippen LogP contribution in [0.25, 0.3) is 6.08 Å². The second-order valence-electron chi connectivity index (χ2n) is 4.63. The van der Waals surface area contributed by atoms with Crippen molar-refractivity contribution in [2.45, 2.75) is 23.9 Å². The van der Waals surface area contributed by atoms with Crippen molar-refractivity contribution in [3.8, 4) is 0 Å². The van der Waals surface area contributed by atoms with Crippen molar-refractivity contribution in [1.29, 1.82) is 0 Å². The fourth-order valence-electron chi connectivity index (χ4n) is 2.18. The highest BCUT2D eigenvalue weighted by Crippen LogP contribution is 2.32. The van der Waals surface area contributed by atoms with Gasteiger partial charge in [-0.1, -0.05) is 36.4 Å². The van der Waals surface area contributed by atoms with Gasteiger partial charge in [-0.25, -0.2) is 0 Å². The molecule has 0 saturated carbocycles. The Morgan fingerprint density at radius 2 is 1.84 bits per heavy atom. The van der Waals surface area contributed by atoms with E-state index in [2.05, 4.69) is 0 Å². The lowest BCUT2D eigenvalue weighted by Gasteiger charge is -2.26. The van der Waals surface area contributed by atoms with Crippen molar-refractivity contribution < 1.29 is 25.2 Å². The van der Waals surface area contributed by atoms with E-state index in [1.807, 2.05) is 30.3 Å². The predicted molar refractivity (Wildman–Crippen MR) is 69.3 cm³/mol. The van der Waals surface area contributed by atoms with Gasteiger partial charge >= 0.3 is 0 Å². The molecule has 4 atom stereocenters. The van der Waals surface area contributed by atoms with Crippen molar-refractivity contribution in [3.05, 3.63) is 42.0 Å². The van der Waals surface area contributed by atoms with E-state index in [-0.39, 0.29) is 0 Å². The average Bonchev–Trinajstić information content (AvgIpc) is 2.71. The maximum Gasteiger partial charge on any atom is 0.138 e. The smallest absolute Gasteiger partial charge is 0.138 e. The predicted octanol–water partition coefficient (Wildman–Crippen LogP) is -0.456. The van der Waals surface area contributed by atoms with Gasteiger partial charge in [0.25, 0.3) is 0 Å². The second-order valence-corrected chi connectivity index (χ2v) is 4.63. The molecule has 1 fully saturated rings. The van der Waals surface area contributed by atoms with Crippen LogP contribution in [-0.4, -0.2) is 57.6 Å². The Labute approximate surface area is 111 Å². The third-order valence-electron chi connectivity index (χ3n) is 3.36. The zero-order chi connectivity index (χ0) is 13.9. The Bertz CT molecular complexity index is 433. The van der Waals surface area contributed by atoms with Crippen LogP contribution < -0.4 is 0 Å². The highest BCUT2D eigenvalue weighted by atomic mass is 16.6. The van der Waals surface area contributed by atoms with E-state index < -0.39 is 37.1 Å². The first-order chi connectivity index (χ1) is 9.13. The first-order valence-electron chi connectivity index (χ1n) is 6.13. The molecule has 2 rings (SSSR count). The fourth-order valence-corrected chi connectivity index (χ4v) is 2.18. The van der Waals surface area contributed by atoms with E-state index in [9.17, 15) is 15.3 Å². The summed E-state index contributed by atoms with van der Waals surface area (Å²) < 4.78 is 5.41. The molecule has 5 heteroatoms. The maximum absolute atomic E-state index is 9.99. The Morgan fingerprint density at radius 3 is 2.37 bits per heavy atom. The Kier molecular flexibility index (Phi) is 4.34. The summed E-state index contributed by atoms with van der Waals surface area (Å²) >= 11 is 0. The van der Waals surface area contributed by atoms with Crippen LogP contribution in [0.4, 0.5) is 0 Å². The van der Waals surface area contributed by atoms with Gasteiger partial charge in [0, 0.05) is 0 Å². The standard InChI is InChI=1S/C14H18O5/c15-8-11-12(17)13(18)14(9-16,19-11)7-6-10-4-2-1-3-5-10/h1-7,11-13,15-18H,8-9H2/t11-,12-,13-,14?/m1/s1. The van der Waals surface area contributed by atoms with E-state index in [0.29, 0.717) is 0 Å². The molecule has 1 saturated heterocycles. The number of aliphatic hydroxyl groups is 4. The first-order valence-corrected chi connectivity index (χ1v) is 6.13. The number of rotatable bonds is 4. The summed E-state index contributed by atoms with van der Waals surface area (Å²) in [7, 11) is 0. The van der Waals surface area contributed by atoms with E-state index >= 15 is 0 Å².